The maximum absolute atomic E-state index is 11.0. The molecule has 0 aliphatic heterocycles. The van der Waals surface area contributed by atoms with Crippen molar-refractivity contribution < 1.29 is 14.5 Å². The van der Waals surface area contributed by atoms with Crippen molar-refractivity contribution in [2.45, 2.75) is 6.92 Å². The number of benzene rings is 1. The zero-order valence-electron chi connectivity index (χ0n) is 8.04. The maximum Gasteiger partial charge on any atom is 0.335 e. The molecular formula is C10H9NO4. The summed E-state index contributed by atoms with van der Waals surface area (Å²) in [4.78, 5) is 20.8. The fraction of sp³-hybridized carbons (Fsp3) is 0.100. The number of nitrogens with zero attached hydrogens (tertiary/aromatic N) is 1. The van der Waals surface area contributed by atoms with E-state index in [4.69, 9.17) is 4.74 Å². The molecule has 0 aliphatic carbocycles. The third kappa shape index (κ3) is 3.22. The lowest BCUT2D eigenvalue weighted by molar-refractivity contribution is -0.384. The monoisotopic (exact) mass is 207 g/mol. The second kappa shape index (κ2) is 4.90. The van der Waals surface area contributed by atoms with Gasteiger partial charge in [0.05, 0.1) is 4.92 Å². The second-order valence-electron chi connectivity index (χ2n) is 2.67. The third-order valence-corrected chi connectivity index (χ3v) is 1.57. The summed E-state index contributed by atoms with van der Waals surface area (Å²) in [6.45, 7) is 1.69. The number of ether oxygens (including phenoxy) is 1. The Balaban J connectivity index is 2.72. The lowest BCUT2D eigenvalue weighted by atomic mass is 10.3. The molecule has 15 heavy (non-hydrogen) atoms. The molecule has 1 rings (SSSR count). The van der Waals surface area contributed by atoms with Crippen LogP contribution in [0.25, 0.3) is 0 Å². The van der Waals surface area contributed by atoms with Crippen LogP contribution < -0.4 is 4.74 Å². The molecule has 0 unspecified atom stereocenters. The molecule has 0 atom stereocenters. The van der Waals surface area contributed by atoms with Crippen molar-refractivity contribution in [3.63, 3.8) is 0 Å². The van der Waals surface area contributed by atoms with Crippen LogP contribution in [-0.4, -0.2) is 10.9 Å². The van der Waals surface area contributed by atoms with Gasteiger partial charge in [0.1, 0.15) is 5.75 Å². The number of nitro benzene ring substituents is 1. The summed E-state index contributed by atoms with van der Waals surface area (Å²) in [5.41, 5.74) is -0.0409. The van der Waals surface area contributed by atoms with Crippen molar-refractivity contribution in [2.75, 3.05) is 0 Å². The third-order valence-electron chi connectivity index (χ3n) is 1.57. The lowest BCUT2D eigenvalue weighted by Crippen LogP contribution is -2.03. The van der Waals surface area contributed by atoms with Crippen LogP contribution >= 0.6 is 0 Å². The molecule has 0 N–H and O–H groups in total. The number of allylic oxidation sites excluding steroid dienone is 1. The highest BCUT2D eigenvalue weighted by Crippen LogP contribution is 2.17. The van der Waals surface area contributed by atoms with Crippen LogP contribution in [0.15, 0.2) is 36.4 Å². The average Bonchev–Trinajstić information content (AvgIpc) is 2.18. The van der Waals surface area contributed by atoms with Gasteiger partial charge in [0.15, 0.2) is 0 Å². The largest absolute Gasteiger partial charge is 0.423 e. The number of rotatable bonds is 3. The van der Waals surface area contributed by atoms with Crippen molar-refractivity contribution >= 4 is 11.7 Å². The first-order valence-corrected chi connectivity index (χ1v) is 4.22. The zero-order valence-corrected chi connectivity index (χ0v) is 8.04. The van der Waals surface area contributed by atoms with E-state index in [-0.39, 0.29) is 11.4 Å². The van der Waals surface area contributed by atoms with Crippen molar-refractivity contribution in [1.82, 2.24) is 0 Å². The minimum absolute atomic E-state index is 0.0409. The number of carbonyl (C=O) groups excluding carboxylic acids is 1. The first-order valence-electron chi connectivity index (χ1n) is 4.22. The van der Waals surface area contributed by atoms with Crippen molar-refractivity contribution in [3.05, 3.63) is 46.5 Å². The molecule has 0 saturated heterocycles. The summed E-state index contributed by atoms with van der Waals surface area (Å²) >= 11 is 0. The van der Waals surface area contributed by atoms with E-state index < -0.39 is 10.9 Å². The maximum atomic E-state index is 11.0. The second-order valence-corrected chi connectivity index (χ2v) is 2.67. The molecule has 5 heteroatoms. The summed E-state index contributed by atoms with van der Waals surface area (Å²) in [5, 5.41) is 10.3. The van der Waals surface area contributed by atoms with Crippen LogP contribution in [-0.2, 0) is 4.79 Å². The van der Waals surface area contributed by atoms with Gasteiger partial charge in [-0.15, -0.1) is 0 Å². The fourth-order valence-electron chi connectivity index (χ4n) is 0.922. The van der Waals surface area contributed by atoms with Crippen molar-refractivity contribution in [3.8, 4) is 5.75 Å². The smallest absolute Gasteiger partial charge is 0.335 e. The highest BCUT2D eigenvalue weighted by molar-refractivity contribution is 5.83. The summed E-state index contributed by atoms with van der Waals surface area (Å²) in [6, 6.07) is 5.30. The van der Waals surface area contributed by atoms with Crippen LogP contribution in [0, 0.1) is 10.1 Å². The Hall–Kier alpha value is -2.17. The predicted octanol–water partition coefficient (Wildman–Crippen LogP) is 2.08. The van der Waals surface area contributed by atoms with Gasteiger partial charge in [-0.2, -0.15) is 0 Å². The number of esters is 1. The molecule has 0 heterocycles. The Bertz CT molecular complexity index is 394. The highest BCUT2D eigenvalue weighted by atomic mass is 16.6. The minimum Gasteiger partial charge on any atom is -0.423 e. The number of hydrogen-bond acceptors (Lipinski definition) is 4. The van der Waals surface area contributed by atoms with Gasteiger partial charge in [-0.1, -0.05) is 6.08 Å². The quantitative estimate of drug-likeness (QED) is 0.250. The summed E-state index contributed by atoms with van der Waals surface area (Å²) < 4.78 is 4.84. The van der Waals surface area contributed by atoms with E-state index in [0.29, 0.717) is 0 Å². The van der Waals surface area contributed by atoms with E-state index in [9.17, 15) is 14.9 Å². The molecule has 1 aromatic rings. The zero-order chi connectivity index (χ0) is 11.3. The van der Waals surface area contributed by atoms with Gasteiger partial charge in [0.25, 0.3) is 5.69 Å². The molecule has 0 fully saturated rings. The summed E-state index contributed by atoms with van der Waals surface area (Å²) in [7, 11) is 0. The van der Waals surface area contributed by atoms with Gasteiger partial charge in [-0.3, -0.25) is 10.1 Å². The molecule has 0 aromatic heterocycles. The lowest BCUT2D eigenvalue weighted by Gasteiger charge is -1.99. The Labute approximate surface area is 86.1 Å². The van der Waals surface area contributed by atoms with E-state index >= 15 is 0 Å². The Kier molecular flexibility index (Phi) is 3.56. The Morgan fingerprint density at radius 1 is 1.40 bits per heavy atom. The molecule has 0 aliphatic rings. The van der Waals surface area contributed by atoms with Crippen molar-refractivity contribution in [2.24, 2.45) is 0 Å². The van der Waals surface area contributed by atoms with Crippen molar-refractivity contribution in [1.29, 1.82) is 0 Å². The minimum atomic E-state index is -0.516. The highest BCUT2D eigenvalue weighted by Gasteiger charge is 2.05. The van der Waals surface area contributed by atoms with Crippen LogP contribution in [0.5, 0.6) is 5.75 Å². The van der Waals surface area contributed by atoms with E-state index in [0.717, 1.165) is 0 Å². The van der Waals surface area contributed by atoms with Crippen LogP contribution in [0.4, 0.5) is 5.69 Å². The number of non-ortho nitro benzene ring substituents is 1. The van der Waals surface area contributed by atoms with E-state index in [1.807, 2.05) is 0 Å². The van der Waals surface area contributed by atoms with Gasteiger partial charge in [-0.05, 0) is 19.1 Å². The molecule has 5 nitrogen and oxygen atoms in total. The Morgan fingerprint density at radius 3 is 2.47 bits per heavy atom. The molecule has 0 saturated carbocycles. The van der Waals surface area contributed by atoms with Crippen LogP contribution in [0.1, 0.15) is 6.92 Å². The first-order chi connectivity index (χ1) is 7.13. The van der Waals surface area contributed by atoms with E-state index in [1.54, 1.807) is 13.0 Å². The predicted molar refractivity (Wildman–Crippen MR) is 53.5 cm³/mol. The Morgan fingerprint density at radius 2 is 2.00 bits per heavy atom. The van der Waals surface area contributed by atoms with Gasteiger partial charge >= 0.3 is 5.97 Å². The van der Waals surface area contributed by atoms with E-state index in [1.165, 1.54) is 30.3 Å². The normalized spacial score (nSPS) is 10.2. The standard InChI is InChI=1S/C10H9NO4/c1-2-3-10(12)15-9-6-4-8(5-7-9)11(13)14/h2-7H,1H3. The van der Waals surface area contributed by atoms with Gasteiger partial charge in [0.2, 0.25) is 0 Å². The number of nitro groups is 1. The molecule has 1 aromatic carbocycles. The van der Waals surface area contributed by atoms with Gasteiger partial charge in [0, 0.05) is 18.2 Å². The topological polar surface area (TPSA) is 69.4 Å². The molecular weight excluding hydrogens is 198 g/mol. The summed E-state index contributed by atoms with van der Waals surface area (Å²) in [5.74, 6) is -0.227. The van der Waals surface area contributed by atoms with Crippen LogP contribution in [0.2, 0.25) is 0 Å². The van der Waals surface area contributed by atoms with Crippen LogP contribution in [0.3, 0.4) is 0 Å². The molecule has 0 radical (unpaired) electrons. The molecule has 0 bridgehead atoms. The molecule has 0 amide bonds. The van der Waals surface area contributed by atoms with E-state index in [2.05, 4.69) is 0 Å². The number of carbonyl (C=O) groups is 1. The summed E-state index contributed by atoms with van der Waals surface area (Å²) in [6.07, 6.45) is 2.81. The average molecular weight is 207 g/mol. The van der Waals surface area contributed by atoms with Gasteiger partial charge in [-0.25, -0.2) is 4.79 Å². The fourth-order valence-corrected chi connectivity index (χ4v) is 0.922. The molecule has 78 valence electrons. The first kappa shape index (κ1) is 10.9. The SMILES string of the molecule is CC=CC(=O)Oc1ccc([N+](=O)[O-])cc1. The number of hydrogen-bond donors (Lipinski definition) is 0. The molecule has 0 spiro atoms. The van der Waals surface area contributed by atoms with Gasteiger partial charge < -0.3 is 4.74 Å².